The van der Waals surface area contributed by atoms with E-state index in [1.54, 1.807) is 6.07 Å². The van der Waals surface area contributed by atoms with Gasteiger partial charge in [0.15, 0.2) is 0 Å². The normalized spacial score (nSPS) is 21.2. The van der Waals surface area contributed by atoms with Gasteiger partial charge in [-0.05, 0) is 54.9 Å². The number of amides is 1. The summed E-state index contributed by atoms with van der Waals surface area (Å²) in [7, 11) is -3.48. The molecule has 2 aliphatic carbocycles. The van der Waals surface area contributed by atoms with Crippen LogP contribution in [-0.2, 0) is 21.2 Å². The van der Waals surface area contributed by atoms with Gasteiger partial charge in [0.25, 0.3) is 0 Å². The second-order valence-corrected chi connectivity index (χ2v) is 9.17. The molecule has 0 spiro atoms. The minimum Gasteiger partial charge on any atom is -0.340 e. The predicted molar refractivity (Wildman–Crippen MR) is 96.5 cm³/mol. The molecule has 1 aromatic rings. The van der Waals surface area contributed by atoms with Crippen LogP contribution >= 0.6 is 0 Å². The van der Waals surface area contributed by atoms with Crippen molar-refractivity contribution in [1.29, 1.82) is 0 Å². The molecule has 1 heterocycles. The first-order chi connectivity index (χ1) is 12.0. The molecule has 1 aromatic carbocycles. The molecular weight excluding hydrogens is 336 g/mol. The highest BCUT2D eigenvalue weighted by Gasteiger charge is 2.32. The number of rotatable bonds is 4. The van der Waals surface area contributed by atoms with Crippen molar-refractivity contribution in [2.75, 3.05) is 26.2 Å². The van der Waals surface area contributed by atoms with Gasteiger partial charge < -0.3 is 4.90 Å². The molecule has 134 valence electrons. The van der Waals surface area contributed by atoms with E-state index < -0.39 is 10.0 Å². The first-order valence-electron chi connectivity index (χ1n) is 9.11. The largest absolute Gasteiger partial charge is 0.340 e. The third kappa shape index (κ3) is 3.51. The van der Waals surface area contributed by atoms with Crippen molar-refractivity contribution in [2.24, 2.45) is 5.92 Å². The summed E-state index contributed by atoms with van der Waals surface area (Å²) in [6.07, 6.45) is 8.97. The third-order valence-electron chi connectivity index (χ3n) is 5.38. The fraction of sp³-hybridized carbons (Fsp3) is 0.526. The first-order valence-corrected chi connectivity index (χ1v) is 10.6. The fourth-order valence-electron chi connectivity index (χ4n) is 3.60. The average molecular weight is 360 g/mol. The van der Waals surface area contributed by atoms with Gasteiger partial charge in [-0.3, -0.25) is 4.79 Å². The summed E-state index contributed by atoms with van der Waals surface area (Å²) in [6.45, 7) is 1.77. The molecule has 4 rings (SSSR count). The number of fused-ring (bicyclic) bond motifs is 1. The van der Waals surface area contributed by atoms with Crippen molar-refractivity contribution in [2.45, 2.75) is 37.0 Å². The number of hydrogen-bond donors (Lipinski definition) is 0. The van der Waals surface area contributed by atoms with Crippen LogP contribution in [0.15, 0.2) is 29.2 Å². The number of sulfonamides is 1. The van der Waals surface area contributed by atoms with Crippen molar-refractivity contribution in [1.82, 2.24) is 9.21 Å². The van der Waals surface area contributed by atoms with E-state index in [1.807, 2.05) is 17.0 Å². The summed E-state index contributed by atoms with van der Waals surface area (Å²) in [5.74, 6) is 0.749. The van der Waals surface area contributed by atoms with Gasteiger partial charge in [0, 0.05) is 32.6 Å². The van der Waals surface area contributed by atoms with E-state index in [-0.39, 0.29) is 5.91 Å². The highest BCUT2D eigenvalue weighted by Crippen LogP contribution is 2.33. The van der Waals surface area contributed by atoms with Crippen LogP contribution in [0, 0.1) is 5.92 Å². The molecule has 1 saturated carbocycles. The number of benzene rings is 1. The monoisotopic (exact) mass is 360 g/mol. The quantitative estimate of drug-likeness (QED) is 0.828. The van der Waals surface area contributed by atoms with Crippen molar-refractivity contribution >= 4 is 22.0 Å². The Morgan fingerprint density at radius 2 is 1.88 bits per heavy atom. The summed E-state index contributed by atoms with van der Waals surface area (Å²) in [4.78, 5) is 14.4. The number of hydrogen-bond acceptors (Lipinski definition) is 3. The molecule has 0 atom stereocenters. The minimum atomic E-state index is -3.48. The Morgan fingerprint density at radius 3 is 2.60 bits per heavy atom. The average Bonchev–Trinajstić information content (AvgIpc) is 3.45. The van der Waals surface area contributed by atoms with Crippen LogP contribution in [0.3, 0.4) is 0 Å². The van der Waals surface area contributed by atoms with Crippen LogP contribution in [0.4, 0.5) is 0 Å². The maximum atomic E-state index is 12.9. The van der Waals surface area contributed by atoms with E-state index in [0.717, 1.165) is 36.8 Å². The Labute approximate surface area is 149 Å². The molecule has 0 bridgehead atoms. The zero-order valence-electron chi connectivity index (χ0n) is 14.4. The predicted octanol–water partition coefficient (Wildman–Crippen LogP) is 2.28. The van der Waals surface area contributed by atoms with Gasteiger partial charge in [0.2, 0.25) is 15.9 Å². The third-order valence-corrected chi connectivity index (χ3v) is 7.28. The van der Waals surface area contributed by atoms with E-state index in [2.05, 4.69) is 12.2 Å². The van der Waals surface area contributed by atoms with Gasteiger partial charge in [0.1, 0.15) is 0 Å². The number of nitrogens with zero attached hydrogens (tertiary/aromatic N) is 2. The van der Waals surface area contributed by atoms with Gasteiger partial charge in [-0.15, -0.1) is 0 Å². The summed E-state index contributed by atoms with van der Waals surface area (Å²) in [6, 6.07) is 5.42. The standard InChI is InChI=1S/C19H24N2O3S/c22-19(13-15-5-6-15)20-9-11-21(12-10-20)25(23,24)18-8-7-16-3-1-2-4-17(16)14-18/h1,3,7-8,14-15H,2,4-6,9-13H2. The maximum Gasteiger partial charge on any atom is 0.243 e. The molecule has 5 nitrogen and oxygen atoms in total. The van der Waals surface area contributed by atoms with Crippen LogP contribution in [-0.4, -0.2) is 49.7 Å². The summed E-state index contributed by atoms with van der Waals surface area (Å²) < 4.78 is 27.4. The lowest BCUT2D eigenvalue weighted by atomic mass is 9.98. The van der Waals surface area contributed by atoms with E-state index >= 15 is 0 Å². The summed E-state index contributed by atoms with van der Waals surface area (Å²) in [5, 5.41) is 0. The molecule has 2 fully saturated rings. The molecule has 1 amide bonds. The van der Waals surface area contributed by atoms with Gasteiger partial charge in [-0.25, -0.2) is 8.42 Å². The number of carbonyl (C=O) groups excluding carboxylic acids is 1. The van der Waals surface area contributed by atoms with Crippen molar-refractivity contribution < 1.29 is 13.2 Å². The van der Waals surface area contributed by atoms with Crippen LogP contribution in [0.1, 0.15) is 36.8 Å². The highest BCUT2D eigenvalue weighted by molar-refractivity contribution is 7.89. The highest BCUT2D eigenvalue weighted by atomic mass is 32.2. The van der Waals surface area contributed by atoms with E-state index in [9.17, 15) is 13.2 Å². The first kappa shape index (κ1) is 16.8. The van der Waals surface area contributed by atoms with Crippen molar-refractivity contribution in [3.8, 4) is 0 Å². The number of carbonyl (C=O) groups is 1. The zero-order chi connectivity index (χ0) is 17.4. The molecule has 1 saturated heterocycles. The Kier molecular flexibility index (Phi) is 4.41. The van der Waals surface area contributed by atoms with E-state index in [1.165, 1.54) is 4.31 Å². The Hall–Kier alpha value is -1.66. The number of piperazine rings is 1. The molecule has 3 aliphatic rings. The Bertz CT molecular complexity index is 804. The van der Waals surface area contributed by atoms with Crippen LogP contribution in [0.5, 0.6) is 0 Å². The summed E-state index contributed by atoms with van der Waals surface area (Å²) >= 11 is 0. The van der Waals surface area contributed by atoms with Crippen LogP contribution in [0.2, 0.25) is 0 Å². The minimum absolute atomic E-state index is 0.181. The molecular formula is C19H24N2O3S. The smallest absolute Gasteiger partial charge is 0.243 e. The van der Waals surface area contributed by atoms with Crippen molar-refractivity contribution in [3.63, 3.8) is 0 Å². The topological polar surface area (TPSA) is 57.7 Å². The lowest BCUT2D eigenvalue weighted by Crippen LogP contribution is -2.50. The van der Waals surface area contributed by atoms with Gasteiger partial charge >= 0.3 is 0 Å². The van der Waals surface area contributed by atoms with Crippen molar-refractivity contribution in [3.05, 3.63) is 35.4 Å². The Morgan fingerprint density at radius 1 is 1.12 bits per heavy atom. The van der Waals surface area contributed by atoms with E-state index in [4.69, 9.17) is 0 Å². The van der Waals surface area contributed by atoms with Gasteiger partial charge in [-0.1, -0.05) is 18.2 Å². The molecule has 1 aliphatic heterocycles. The van der Waals surface area contributed by atoms with Crippen LogP contribution < -0.4 is 0 Å². The second kappa shape index (κ2) is 6.57. The van der Waals surface area contributed by atoms with E-state index in [0.29, 0.717) is 43.4 Å². The number of allylic oxidation sites excluding steroid dienone is 1. The molecule has 0 aromatic heterocycles. The van der Waals surface area contributed by atoms with Crippen LogP contribution in [0.25, 0.3) is 6.08 Å². The molecule has 6 heteroatoms. The zero-order valence-corrected chi connectivity index (χ0v) is 15.2. The fourth-order valence-corrected chi connectivity index (χ4v) is 5.07. The maximum absolute atomic E-state index is 12.9. The lowest BCUT2D eigenvalue weighted by Gasteiger charge is -2.34. The number of aryl methyl sites for hydroxylation is 1. The lowest BCUT2D eigenvalue weighted by molar-refractivity contribution is -0.132. The molecule has 25 heavy (non-hydrogen) atoms. The molecule has 0 unspecified atom stereocenters. The molecule has 0 N–H and O–H groups in total. The Balaban J connectivity index is 1.44. The second-order valence-electron chi connectivity index (χ2n) is 7.23. The van der Waals surface area contributed by atoms with Gasteiger partial charge in [-0.2, -0.15) is 4.31 Å². The molecule has 0 radical (unpaired) electrons. The summed E-state index contributed by atoms with van der Waals surface area (Å²) in [5.41, 5.74) is 2.21. The van der Waals surface area contributed by atoms with Gasteiger partial charge in [0.05, 0.1) is 4.90 Å². The SMILES string of the molecule is O=C(CC1CC1)N1CCN(S(=O)(=O)c2ccc3c(c2)CCC=C3)CC1.